The molecular formula is C17H22N2O4. The van der Waals surface area contributed by atoms with Crippen molar-refractivity contribution in [2.45, 2.75) is 13.0 Å². The fourth-order valence-electron chi connectivity index (χ4n) is 2.13. The average Bonchev–Trinajstić information content (AvgIpc) is 3.10. The second kappa shape index (κ2) is 8.85. The van der Waals surface area contributed by atoms with E-state index >= 15 is 0 Å². The summed E-state index contributed by atoms with van der Waals surface area (Å²) in [5.41, 5.74) is 1.12. The molecule has 0 spiro atoms. The Morgan fingerprint density at radius 3 is 2.70 bits per heavy atom. The van der Waals surface area contributed by atoms with Crippen LogP contribution in [0.3, 0.4) is 0 Å². The third-order valence-electron chi connectivity index (χ3n) is 3.36. The molecule has 0 aliphatic heterocycles. The van der Waals surface area contributed by atoms with Crippen LogP contribution in [-0.2, 0) is 17.8 Å². The van der Waals surface area contributed by atoms with Gasteiger partial charge in [0.1, 0.15) is 5.76 Å². The minimum Gasteiger partial charge on any atom is -0.493 e. The SMILES string of the molecule is COc1ccc(CCNCC(=O)NCc2ccco2)cc1OC. The Hall–Kier alpha value is -2.47. The van der Waals surface area contributed by atoms with Gasteiger partial charge in [-0.25, -0.2) is 0 Å². The maximum atomic E-state index is 11.7. The topological polar surface area (TPSA) is 72.7 Å². The lowest BCUT2D eigenvalue weighted by Gasteiger charge is -2.10. The lowest BCUT2D eigenvalue weighted by Crippen LogP contribution is -2.34. The van der Waals surface area contributed by atoms with Crippen LogP contribution >= 0.6 is 0 Å². The van der Waals surface area contributed by atoms with Crippen molar-refractivity contribution in [2.75, 3.05) is 27.3 Å². The van der Waals surface area contributed by atoms with Crippen LogP contribution in [0, 0.1) is 0 Å². The van der Waals surface area contributed by atoms with E-state index in [4.69, 9.17) is 13.9 Å². The number of amides is 1. The Morgan fingerprint density at radius 1 is 1.17 bits per heavy atom. The Balaban J connectivity index is 1.67. The molecule has 0 fully saturated rings. The van der Waals surface area contributed by atoms with Gasteiger partial charge in [-0.2, -0.15) is 0 Å². The van der Waals surface area contributed by atoms with Crippen LogP contribution in [0.15, 0.2) is 41.0 Å². The van der Waals surface area contributed by atoms with Crippen LogP contribution < -0.4 is 20.1 Å². The molecule has 0 aliphatic rings. The van der Waals surface area contributed by atoms with Crippen molar-refractivity contribution in [2.24, 2.45) is 0 Å². The van der Waals surface area contributed by atoms with Crippen LogP contribution in [0.1, 0.15) is 11.3 Å². The molecular weight excluding hydrogens is 296 g/mol. The minimum absolute atomic E-state index is 0.0614. The first-order chi connectivity index (χ1) is 11.2. The maximum absolute atomic E-state index is 11.7. The largest absolute Gasteiger partial charge is 0.493 e. The van der Waals surface area contributed by atoms with Crippen LogP contribution in [-0.4, -0.2) is 33.2 Å². The molecule has 0 radical (unpaired) electrons. The Bertz CT molecular complexity index is 611. The first kappa shape index (κ1) is 16.9. The molecule has 0 saturated carbocycles. The third kappa shape index (κ3) is 5.34. The number of ether oxygens (including phenoxy) is 2. The highest BCUT2D eigenvalue weighted by atomic mass is 16.5. The van der Waals surface area contributed by atoms with Gasteiger partial charge in [0.05, 0.1) is 33.6 Å². The van der Waals surface area contributed by atoms with Crippen LogP contribution in [0.25, 0.3) is 0 Å². The second-order valence-electron chi connectivity index (χ2n) is 4.97. The highest BCUT2D eigenvalue weighted by Crippen LogP contribution is 2.27. The number of carbonyl (C=O) groups is 1. The van der Waals surface area contributed by atoms with Gasteiger partial charge in [0.2, 0.25) is 5.91 Å². The lowest BCUT2D eigenvalue weighted by molar-refractivity contribution is -0.120. The first-order valence-corrected chi connectivity index (χ1v) is 7.43. The summed E-state index contributed by atoms with van der Waals surface area (Å²) in [4.78, 5) is 11.7. The molecule has 0 saturated heterocycles. The van der Waals surface area contributed by atoms with Gasteiger partial charge in [0.15, 0.2) is 11.5 Å². The van der Waals surface area contributed by atoms with E-state index in [9.17, 15) is 4.79 Å². The highest BCUT2D eigenvalue weighted by molar-refractivity contribution is 5.77. The summed E-state index contributed by atoms with van der Waals surface area (Å²) < 4.78 is 15.6. The van der Waals surface area contributed by atoms with Crippen molar-refractivity contribution in [1.82, 2.24) is 10.6 Å². The van der Waals surface area contributed by atoms with Crippen molar-refractivity contribution >= 4 is 5.91 Å². The van der Waals surface area contributed by atoms with Crippen molar-refractivity contribution in [3.05, 3.63) is 47.9 Å². The molecule has 0 atom stereocenters. The van der Waals surface area contributed by atoms with Gasteiger partial charge in [-0.15, -0.1) is 0 Å². The van der Waals surface area contributed by atoms with Crippen molar-refractivity contribution in [3.8, 4) is 11.5 Å². The minimum atomic E-state index is -0.0614. The molecule has 0 aliphatic carbocycles. The van der Waals surface area contributed by atoms with E-state index in [1.165, 1.54) is 0 Å². The molecule has 1 aromatic carbocycles. The molecule has 1 heterocycles. The Labute approximate surface area is 135 Å². The molecule has 0 bridgehead atoms. The number of methoxy groups -OCH3 is 2. The number of rotatable bonds is 9. The maximum Gasteiger partial charge on any atom is 0.234 e. The predicted molar refractivity (Wildman–Crippen MR) is 86.7 cm³/mol. The standard InChI is InChI=1S/C17H22N2O4/c1-21-15-6-5-13(10-16(15)22-2)7-8-18-12-17(20)19-11-14-4-3-9-23-14/h3-6,9-10,18H,7-8,11-12H2,1-2H3,(H,19,20). The summed E-state index contributed by atoms with van der Waals surface area (Å²) in [6, 6.07) is 9.43. The molecule has 6 heteroatoms. The zero-order valence-electron chi connectivity index (χ0n) is 13.4. The normalized spacial score (nSPS) is 10.3. The third-order valence-corrected chi connectivity index (χ3v) is 3.36. The smallest absolute Gasteiger partial charge is 0.234 e. The zero-order chi connectivity index (χ0) is 16.5. The van der Waals surface area contributed by atoms with Gasteiger partial charge in [-0.3, -0.25) is 4.79 Å². The molecule has 1 aromatic heterocycles. The summed E-state index contributed by atoms with van der Waals surface area (Å²) >= 11 is 0. The molecule has 6 nitrogen and oxygen atoms in total. The molecule has 1 amide bonds. The van der Waals surface area contributed by atoms with Gasteiger partial charge in [-0.05, 0) is 42.8 Å². The molecule has 2 rings (SSSR count). The van der Waals surface area contributed by atoms with E-state index in [1.54, 1.807) is 26.5 Å². The van der Waals surface area contributed by atoms with Gasteiger partial charge < -0.3 is 24.5 Å². The van der Waals surface area contributed by atoms with Crippen molar-refractivity contribution < 1.29 is 18.7 Å². The number of nitrogens with one attached hydrogen (secondary N) is 2. The fourth-order valence-corrected chi connectivity index (χ4v) is 2.13. The quantitative estimate of drug-likeness (QED) is 0.689. The monoisotopic (exact) mass is 318 g/mol. The number of hydrogen-bond acceptors (Lipinski definition) is 5. The summed E-state index contributed by atoms with van der Waals surface area (Å²) in [7, 11) is 3.23. The predicted octanol–water partition coefficient (Wildman–Crippen LogP) is 1.75. The number of hydrogen-bond donors (Lipinski definition) is 2. The van der Waals surface area contributed by atoms with Gasteiger partial charge >= 0.3 is 0 Å². The van der Waals surface area contributed by atoms with E-state index in [-0.39, 0.29) is 12.5 Å². The number of carbonyl (C=O) groups excluding carboxylic acids is 1. The number of furan rings is 1. The fraction of sp³-hybridized carbons (Fsp3) is 0.353. The van der Waals surface area contributed by atoms with Gasteiger partial charge in [0, 0.05) is 0 Å². The molecule has 23 heavy (non-hydrogen) atoms. The van der Waals surface area contributed by atoms with Gasteiger partial charge in [-0.1, -0.05) is 6.07 Å². The number of benzene rings is 1. The summed E-state index contributed by atoms with van der Waals surface area (Å²) in [6.07, 6.45) is 2.38. The van der Waals surface area contributed by atoms with Crippen LogP contribution in [0.4, 0.5) is 0 Å². The van der Waals surface area contributed by atoms with E-state index in [0.717, 1.165) is 17.7 Å². The first-order valence-electron chi connectivity index (χ1n) is 7.43. The van der Waals surface area contributed by atoms with E-state index in [1.807, 2.05) is 24.3 Å². The summed E-state index contributed by atoms with van der Waals surface area (Å²) in [6.45, 7) is 1.38. The van der Waals surface area contributed by atoms with E-state index in [2.05, 4.69) is 10.6 Å². The molecule has 2 N–H and O–H groups in total. The highest BCUT2D eigenvalue weighted by Gasteiger charge is 2.05. The molecule has 0 unspecified atom stereocenters. The lowest BCUT2D eigenvalue weighted by atomic mass is 10.1. The molecule has 2 aromatic rings. The van der Waals surface area contributed by atoms with Crippen LogP contribution in [0.5, 0.6) is 11.5 Å². The van der Waals surface area contributed by atoms with Crippen molar-refractivity contribution in [3.63, 3.8) is 0 Å². The molecule has 124 valence electrons. The zero-order valence-corrected chi connectivity index (χ0v) is 13.4. The van der Waals surface area contributed by atoms with E-state index in [0.29, 0.717) is 24.6 Å². The Kier molecular flexibility index (Phi) is 6.50. The summed E-state index contributed by atoms with van der Waals surface area (Å²) in [5, 5.41) is 5.90. The Morgan fingerprint density at radius 2 is 2.00 bits per heavy atom. The summed E-state index contributed by atoms with van der Waals surface area (Å²) in [5.74, 6) is 2.10. The van der Waals surface area contributed by atoms with Crippen molar-refractivity contribution in [1.29, 1.82) is 0 Å². The van der Waals surface area contributed by atoms with Crippen LogP contribution in [0.2, 0.25) is 0 Å². The van der Waals surface area contributed by atoms with Gasteiger partial charge in [0.25, 0.3) is 0 Å². The second-order valence-corrected chi connectivity index (χ2v) is 4.97. The van der Waals surface area contributed by atoms with E-state index < -0.39 is 0 Å². The average molecular weight is 318 g/mol.